The van der Waals surface area contributed by atoms with Gasteiger partial charge in [-0.3, -0.25) is 0 Å². The minimum absolute atomic E-state index is 0.000579. The van der Waals surface area contributed by atoms with E-state index in [-0.39, 0.29) is 11.3 Å². The Morgan fingerprint density at radius 1 is 1.43 bits per heavy atom. The lowest BCUT2D eigenvalue weighted by atomic mass is 9.95. The van der Waals surface area contributed by atoms with E-state index in [1.807, 2.05) is 0 Å². The first-order valence-corrected chi connectivity index (χ1v) is 7.16. The van der Waals surface area contributed by atoms with Crippen LogP contribution in [0.2, 0.25) is 0 Å². The summed E-state index contributed by atoms with van der Waals surface area (Å²) in [5.74, 6) is -1.97. The topological polar surface area (TPSA) is 40.5 Å². The van der Waals surface area contributed by atoms with E-state index in [0.29, 0.717) is 19.0 Å². The fourth-order valence-electron chi connectivity index (χ4n) is 2.75. The molecule has 1 atom stereocenters. The fourth-order valence-corrected chi connectivity index (χ4v) is 2.75. The van der Waals surface area contributed by atoms with Gasteiger partial charge in [-0.2, -0.15) is 0 Å². The fraction of sp³-hybridized carbons (Fsp3) is 0.438. The number of carboxylic acids is 1. The minimum Gasteiger partial charge on any atom is -0.478 e. The number of carboxylic acid groups (broad SMARTS) is 1. The summed E-state index contributed by atoms with van der Waals surface area (Å²) >= 11 is 0. The molecule has 0 bridgehead atoms. The molecule has 1 fully saturated rings. The van der Waals surface area contributed by atoms with E-state index in [1.165, 1.54) is 18.2 Å². The maximum Gasteiger partial charge on any atom is 0.328 e. The third-order valence-corrected chi connectivity index (χ3v) is 3.87. The van der Waals surface area contributed by atoms with Crippen LogP contribution in [0.25, 0.3) is 6.08 Å². The zero-order valence-electron chi connectivity index (χ0n) is 12.0. The first kappa shape index (κ1) is 15.5. The number of rotatable bonds is 4. The van der Waals surface area contributed by atoms with Crippen molar-refractivity contribution in [2.24, 2.45) is 5.92 Å². The molecule has 0 amide bonds. The molecule has 1 saturated heterocycles. The number of benzene rings is 1. The van der Waals surface area contributed by atoms with Crippen LogP contribution in [-0.4, -0.2) is 24.2 Å². The normalized spacial score (nSPS) is 19.2. The molecule has 5 heteroatoms. The molecule has 1 heterocycles. The van der Waals surface area contributed by atoms with Crippen molar-refractivity contribution in [3.8, 4) is 0 Å². The van der Waals surface area contributed by atoms with E-state index in [2.05, 4.69) is 6.92 Å². The average Bonchev–Trinajstić information content (AvgIpc) is 2.44. The Morgan fingerprint density at radius 2 is 2.10 bits per heavy atom. The SMILES string of the molecule is CCC1CCCN(c2c(F)cc(C=CC(=O)O)cc2F)C1. The number of hydrogen-bond donors (Lipinski definition) is 1. The Labute approximate surface area is 122 Å². The van der Waals surface area contributed by atoms with E-state index in [9.17, 15) is 13.6 Å². The summed E-state index contributed by atoms with van der Waals surface area (Å²) in [7, 11) is 0. The molecule has 0 spiro atoms. The van der Waals surface area contributed by atoms with Crippen LogP contribution in [-0.2, 0) is 4.79 Å². The number of nitrogens with zero attached hydrogens (tertiary/aromatic N) is 1. The third kappa shape index (κ3) is 3.80. The van der Waals surface area contributed by atoms with Gasteiger partial charge in [-0.15, -0.1) is 0 Å². The van der Waals surface area contributed by atoms with Gasteiger partial charge in [-0.25, -0.2) is 13.6 Å². The Bertz CT molecular complexity index is 534. The Balaban J connectivity index is 2.26. The standard InChI is InChI=1S/C16H19F2NO2/c1-2-11-4-3-7-19(10-11)16-13(17)8-12(9-14(16)18)5-6-15(20)21/h5-6,8-9,11H,2-4,7,10H2,1H3,(H,20,21). The summed E-state index contributed by atoms with van der Waals surface area (Å²) in [5, 5.41) is 8.55. The van der Waals surface area contributed by atoms with Gasteiger partial charge in [0.25, 0.3) is 0 Å². The van der Waals surface area contributed by atoms with Gasteiger partial charge in [0.15, 0.2) is 0 Å². The third-order valence-electron chi connectivity index (χ3n) is 3.87. The maximum atomic E-state index is 14.2. The smallest absolute Gasteiger partial charge is 0.328 e. The van der Waals surface area contributed by atoms with Gasteiger partial charge in [0.05, 0.1) is 0 Å². The summed E-state index contributed by atoms with van der Waals surface area (Å²) in [6.07, 6.45) is 5.07. The Hall–Kier alpha value is -1.91. The minimum atomic E-state index is -1.15. The van der Waals surface area contributed by atoms with Gasteiger partial charge in [0, 0.05) is 19.2 Å². The highest BCUT2D eigenvalue weighted by Gasteiger charge is 2.23. The summed E-state index contributed by atoms with van der Waals surface area (Å²) in [5.41, 5.74) is 0.209. The molecular weight excluding hydrogens is 276 g/mol. The van der Waals surface area contributed by atoms with Crippen molar-refractivity contribution in [3.05, 3.63) is 35.4 Å². The molecule has 114 valence electrons. The number of piperidine rings is 1. The summed E-state index contributed by atoms with van der Waals surface area (Å²) < 4.78 is 28.4. The molecule has 1 N–H and O–H groups in total. The highest BCUT2D eigenvalue weighted by atomic mass is 19.1. The molecule has 1 aliphatic rings. The number of carbonyl (C=O) groups is 1. The number of hydrogen-bond acceptors (Lipinski definition) is 2. The molecule has 0 saturated carbocycles. The molecule has 21 heavy (non-hydrogen) atoms. The number of halogens is 2. The van der Waals surface area contributed by atoms with Gasteiger partial charge in [0.2, 0.25) is 0 Å². The van der Waals surface area contributed by atoms with Crippen LogP contribution in [0.4, 0.5) is 14.5 Å². The van der Waals surface area contributed by atoms with Crippen LogP contribution < -0.4 is 4.90 Å². The molecule has 0 aromatic heterocycles. The van der Waals surface area contributed by atoms with Crippen molar-refractivity contribution >= 4 is 17.7 Å². The van der Waals surface area contributed by atoms with Gasteiger partial charge in [-0.05, 0) is 42.5 Å². The molecular formula is C16H19F2NO2. The second-order valence-electron chi connectivity index (χ2n) is 5.37. The molecule has 3 nitrogen and oxygen atoms in total. The van der Waals surface area contributed by atoms with Crippen LogP contribution in [0.5, 0.6) is 0 Å². The summed E-state index contributed by atoms with van der Waals surface area (Å²) in [4.78, 5) is 12.2. The summed E-state index contributed by atoms with van der Waals surface area (Å²) in [6.45, 7) is 3.39. The predicted molar refractivity (Wildman–Crippen MR) is 78.3 cm³/mol. The van der Waals surface area contributed by atoms with Crippen molar-refractivity contribution in [2.45, 2.75) is 26.2 Å². The van der Waals surface area contributed by atoms with Gasteiger partial charge in [0.1, 0.15) is 17.3 Å². The Kier molecular flexibility index (Phi) is 4.94. The van der Waals surface area contributed by atoms with E-state index in [4.69, 9.17) is 5.11 Å². The molecule has 1 unspecified atom stereocenters. The van der Waals surface area contributed by atoms with E-state index in [0.717, 1.165) is 25.3 Å². The van der Waals surface area contributed by atoms with E-state index in [1.54, 1.807) is 4.90 Å². The molecule has 1 aromatic rings. The highest BCUT2D eigenvalue weighted by molar-refractivity contribution is 5.85. The Morgan fingerprint density at radius 3 is 2.67 bits per heavy atom. The van der Waals surface area contributed by atoms with Gasteiger partial charge < -0.3 is 10.0 Å². The maximum absolute atomic E-state index is 14.2. The average molecular weight is 295 g/mol. The van der Waals surface area contributed by atoms with Crippen molar-refractivity contribution < 1.29 is 18.7 Å². The lowest BCUT2D eigenvalue weighted by Crippen LogP contribution is -2.36. The van der Waals surface area contributed by atoms with Gasteiger partial charge >= 0.3 is 5.97 Å². The van der Waals surface area contributed by atoms with E-state index < -0.39 is 17.6 Å². The van der Waals surface area contributed by atoms with Crippen LogP contribution in [0, 0.1) is 17.6 Å². The van der Waals surface area contributed by atoms with Crippen LogP contribution in [0.3, 0.4) is 0 Å². The monoisotopic (exact) mass is 295 g/mol. The lowest BCUT2D eigenvalue weighted by Gasteiger charge is -2.34. The van der Waals surface area contributed by atoms with Crippen molar-refractivity contribution in [1.29, 1.82) is 0 Å². The first-order valence-electron chi connectivity index (χ1n) is 7.16. The molecule has 0 radical (unpaired) electrons. The molecule has 1 aliphatic heterocycles. The summed E-state index contributed by atoms with van der Waals surface area (Å²) in [6, 6.07) is 2.35. The molecule has 2 rings (SSSR count). The van der Waals surface area contributed by atoms with Crippen LogP contribution >= 0.6 is 0 Å². The molecule has 0 aliphatic carbocycles. The quantitative estimate of drug-likeness (QED) is 0.861. The van der Waals surface area contributed by atoms with Crippen molar-refractivity contribution in [3.63, 3.8) is 0 Å². The van der Waals surface area contributed by atoms with Crippen molar-refractivity contribution in [1.82, 2.24) is 0 Å². The first-order chi connectivity index (χ1) is 10.0. The van der Waals surface area contributed by atoms with E-state index >= 15 is 0 Å². The number of anilines is 1. The largest absolute Gasteiger partial charge is 0.478 e. The zero-order chi connectivity index (χ0) is 15.4. The second kappa shape index (κ2) is 6.70. The van der Waals surface area contributed by atoms with Crippen LogP contribution in [0.15, 0.2) is 18.2 Å². The molecule has 1 aromatic carbocycles. The van der Waals surface area contributed by atoms with Crippen LogP contribution in [0.1, 0.15) is 31.7 Å². The van der Waals surface area contributed by atoms with Crippen molar-refractivity contribution in [2.75, 3.05) is 18.0 Å². The lowest BCUT2D eigenvalue weighted by molar-refractivity contribution is -0.131. The predicted octanol–water partition coefficient (Wildman–Crippen LogP) is 3.69. The van der Waals surface area contributed by atoms with Gasteiger partial charge in [-0.1, -0.05) is 13.3 Å². The number of aliphatic carboxylic acids is 1. The zero-order valence-corrected chi connectivity index (χ0v) is 12.0. The second-order valence-corrected chi connectivity index (χ2v) is 5.37. The highest BCUT2D eigenvalue weighted by Crippen LogP contribution is 2.30.